The SMILES string of the molecule is Cc1ccc([S+]([O-])n2c3ccccc3c3ccccc32)cc1. The molecule has 0 N–H and O–H groups in total. The third-order valence-electron chi connectivity index (χ3n) is 3.92. The zero-order chi connectivity index (χ0) is 15.1. The molecule has 0 spiro atoms. The average molecular weight is 305 g/mol. The zero-order valence-electron chi connectivity index (χ0n) is 12.2. The quantitative estimate of drug-likeness (QED) is 0.494. The number of nitrogens with zero attached hydrogens (tertiary/aromatic N) is 1. The lowest BCUT2D eigenvalue weighted by Gasteiger charge is -2.12. The van der Waals surface area contributed by atoms with Gasteiger partial charge in [0.1, 0.15) is 11.4 Å². The summed E-state index contributed by atoms with van der Waals surface area (Å²) in [6, 6.07) is 24.1. The van der Waals surface area contributed by atoms with Crippen LogP contribution in [-0.4, -0.2) is 8.53 Å². The number of hydrogen-bond acceptors (Lipinski definition) is 1. The number of fused-ring (bicyclic) bond motifs is 3. The maximum atomic E-state index is 13.1. The van der Waals surface area contributed by atoms with Crippen LogP contribution in [0.4, 0.5) is 0 Å². The smallest absolute Gasteiger partial charge is 0.180 e. The van der Waals surface area contributed by atoms with Gasteiger partial charge < -0.3 is 4.55 Å². The molecule has 1 unspecified atom stereocenters. The van der Waals surface area contributed by atoms with Gasteiger partial charge in [0.15, 0.2) is 4.90 Å². The minimum atomic E-state index is -1.26. The Bertz CT molecular complexity index is 903. The van der Waals surface area contributed by atoms with Gasteiger partial charge in [-0.2, -0.15) is 3.97 Å². The van der Waals surface area contributed by atoms with Crippen molar-refractivity contribution in [3.63, 3.8) is 0 Å². The summed E-state index contributed by atoms with van der Waals surface area (Å²) >= 11 is -1.26. The summed E-state index contributed by atoms with van der Waals surface area (Å²) in [5.41, 5.74) is 3.17. The summed E-state index contributed by atoms with van der Waals surface area (Å²) in [6.45, 7) is 2.03. The molecule has 2 nitrogen and oxygen atoms in total. The molecule has 4 rings (SSSR count). The van der Waals surface area contributed by atoms with Crippen molar-refractivity contribution in [2.45, 2.75) is 11.8 Å². The number of hydrogen-bond donors (Lipinski definition) is 0. The molecule has 1 heterocycles. The number of aryl methyl sites for hydroxylation is 1. The monoisotopic (exact) mass is 305 g/mol. The topological polar surface area (TPSA) is 28.0 Å². The summed E-state index contributed by atoms with van der Waals surface area (Å²) in [5, 5.41) is 2.28. The van der Waals surface area contributed by atoms with Gasteiger partial charge in [-0.05, 0) is 31.2 Å². The Hall–Kier alpha value is -2.23. The fourth-order valence-electron chi connectivity index (χ4n) is 2.83. The highest BCUT2D eigenvalue weighted by atomic mass is 32.2. The second-order valence-corrected chi connectivity index (χ2v) is 6.73. The highest BCUT2D eigenvalue weighted by Crippen LogP contribution is 2.32. The lowest BCUT2D eigenvalue weighted by atomic mass is 10.2. The fraction of sp³-hybridized carbons (Fsp3) is 0.0526. The fourth-order valence-corrected chi connectivity index (χ4v) is 4.08. The predicted molar refractivity (Wildman–Crippen MR) is 92.4 cm³/mol. The van der Waals surface area contributed by atoms with E-state index in [0.29, 0.717) is 0 Å². The average Bonchev–Trinajstić information content (AvgIpc) is 2.89. The molecule has 108 valence electrons. The minimum absolute atomic E-state index is 0.817. The van der Waals surface area contributed by atoms with Gasteiger partial charge in [0, 0.05) is 10.8 Å². The molecule has 0 saturated heterocycles. The first-order chi connectivity index (χ1) is 10.8. The summed E-state index contributed by atoms with van der Waals surface area (Å²) in [4.78, 5) is 0.817. The second kappa shape index (κ2) is 5.20. The second-order valence-electron chi connectivity index (χ2n) is 5.39. The Kier molecular flexibility index (Phi) is 3.17. The van der Waals surface area contributed by atoms with Crippen molar-refractivity contribution < 1.29 is 4.55 Å². The molecule has 0 aliphatic heterocycles. The first-order valence-corrected chi connectivity index (χ1v) is 8.33. The van der Waals surface area contributed by atoms with E-state index in [1.54, 1.807) is 0 Å². The Balaban J connectivity index is 2.01. The molecular weight excluding hydrogens is 290 g/mol. The van der Waals surface area contributed by atoms with Gasteiger partial charge in [0.2, 0.25) is 0 Å². The van der Waals surface area contributed by atoms with Crippen molar-refractivity contribution in [2.75, 3.05) is 0 Å². The van der Waals surface area contributed by atoms with E-state index in [1.807, 2.05) is 71.6 Å². The van der Waals surface area contributed by atoms with Crippen molar-refractivity contribution >= 4 is 33.2 Å². The van der Waals surface area contributed by atoms with E-state index < -0.39 is 11.4 Å². The van der Waals surface area contributed by atoms with E-state index in [0.717, 1.165) is 26.7 Å². The van der Waals surface area contributed by atoms with E-state index in [1.165, 1.54) is 5.56 Å². The maximum absolute atomic E-state index is 13.1. The Morgan fingerprint density at radius 2 is 1.23 bits per heavy atom. The molecule has 3 aromatic carbocycles. The first kappa shape index (κ1) is 13.4. The number of benzene rings is 3. The predicted octanol–water partition coefficient (Wildman–Crippen LogP) is 4.67. The molecule has 1 aromatic heterocycles. The van der Waals surface area contributed by atoms with Gasteiger partial charge in [-0.15, -0.1) is 0 Å². The molecule has 0 radical (unpaired) electrons. The first-order valence-electron chi connectivity index (χ1n) is 7.23. The van der Waals surface area contributed by atoms with E-state index in [2.05, 4.69) is 12.1 Å². The molecule has 22 heavy (non-hydrogen) atoms. The third-order valence-corrected chi connectivity index (χ3v) is 5.32. The highest BCUT2D eigenvalue weighted by molar-refractivity contribution is 7.90. The van der Waals surface area contributed by atoms with Crippen molar-refractivity contribution in [3.8, 4) is 0 Å². The van der Waals surface area contributed by atoms with Gasteiger partial charge in [0.25, 0.3) is 0 Å². The lowest BCUT2D eigenvalue weighted by molar-refractivity contribution is 0.589. The van der Waals surface area contributed by atoms with E-state index >= 15 is 0 Å². The molecule has 3 heteroatoms. The largest absolute Gasteiger partial charge is 0.587 e. The molecule has 0 bridgehead atoms. The Labute approximate surface area is 132 Å². The summed E-state index contributed by atoms with van der Waals surface area (Å²) in [7, 11) is 0. The minimum Gasteiger partial charge on any atom is -0.587 e. The molecular formula is C19H15NOS. The van der Waals surface area contributed by atoms with Gasteiger partial charge in [-0.3, -0.25) is 0 Å². The normalized spacial score (nSPS) is 12.8. The van der Waals surface area contributed by atoms with E-state index in [9.17, 15) is 4.55 Å². The molecule has 0 aliphatic carbocycles. The van der Waals surface area contributed by atoms with Crippen molar-refractivity contribution in [1.82, 2.24) is 3.97 Å². The lowest BCUT2D eigenvalue weighted by Crippen LogP contribution is -2.12. The zero-order valence-corrected chi connectivity index (χ0v) is 13.0. The highest BCUT2D eigenvalue weighted by Gasteiger charge is 2.21. The van der Waals surface area contributed by atoms with Crippen LogP contribution in [0.2, 0.25) is 0 Å². The summed E-state index contributed by atoms with van der Waals surface area (Å²) < 4.78 is 15.0. The molecule has 1 atom stereocenters. The maximum Gasteiger partial charge on any atom is 0.180 e. The molecule has 0 amide bonds. The van der Waals surface area contributed by atoms with Crippen LogP contribution in [0, 0.1) is 6.92 Å². The van der Waals surface area contributed by atoms with Crippen molar-refractivity contribution in [1.29, 1.82) is 0 Å². The number of para-hydroxylation sites is 2. The van der Waals surface area contributed by atoms with Crippen molar-refractivity contribution in [3.05, 3.63) is 78.4 Å². The van der Waals surface area contributed by atoms with Crippen molar-refractivity contribution in [2.24, 2.45) is 0 Å². The molecule has 0 saturated carbocycles. The van der Waals surface area contributed by atoms with Crippen LogP contribution in [0.5, 0.6) is 0 Å². The third kappa shape index (κ3) is 2.02. The van der Waals surface area contributed by atoms with Gasteiger partial charge in [-0.1, -0.05) is 54.1 Å². The summed E-state index contributed by atoms with van der Waals surface area (Å²) in [5.74, 6) is 0. The van der Waals surface area contributed by atoms with Crippen LogP contribution in [0.25, 0.3) is 21.8 Å². The Morgan fingerprint density at radius 1 is 0.727 bits per heavy atom. The molecule has 0 aliphatic rings. The van der Waals surface area contributed by atoms with Crippen LogP contribution in [0.15, 0.2) is 77.7 Å². The van der Waals surface area contributed by atoms with Crippen LogP contribution >= 0.6 is 0 Å². The van der Waals surface area contributed by atoms with Gasteiger partial charge in [0.05, 0.1) is 11.0 Å². The molecule has 4 aromatic rings. The van der Waals surface area contributed by atoms with Crippen LogP contribution in [0.3, 0.4) is 0 Å². The Morgan fingerprint density at radius 3 is 1.77 bits per heavy atom. The summed E-state index contributed by atoms with van der Waals surface area (Å²) in [6.07, 6.45) is 0. The van der Waals surface area contributed by atoms with E-state index in [-0.39, 0.29) is 0 Å². The van der Waals surface area contributed by atoms with E-state index in [4.69, 9.17) is 0 Å². The van der Waals surface area contributed by atoms with Crippen LogP contribution < -0.4 is 0 Å². The number of aromatic nitrogens is 1. The van der Waals surface area contributed by atoms with Crippen LogP contribution in [-0.2, 0) is 11.4 Å². The van der Waals surface area contributed by atoms with Gasteiger partial charge >= 0.3 is 0 Å². The number of rotatable bonds is 2. The van der Waals surface area contributed by atoms with Crippen LogP contribution in [0.1, 0.15) is 5.56 Å². The van der Waals surface area contributed by atoms with Gasteiger partial charge in [-0.25, -0.2) is 0 Å². The standard InChI is InChI=1S/C19H15NOS/c1-14-10-12-15(13-11-14)22(21)20-18-8-4-2-6-16(18)17-7-3-5-9-19(17)20/h2-13H,1H3. The molecule has 0 fully saturated rings.